The van der Waals surface area contributed by atoms with Crippen molar-refractivity contribution in [2.45, 2.75) is 13.5 Å². The molecule has 2 aromatic rings. The first-order valence-corrected chi connectivity index (χ1v) is 6.59. The fourth-order valence-corrected chi connectivity index (χ4v) is 1.88. The standard InChI is InChI=1S/C16H18N2O2/c1-12(16(19)20)10-18-11-13-2-4-14(5-3-13)15-6-8-17-9-7-15/h2-9,12,18H,10-11H2,1H3,(H,19,20). The molecule has 0 fully saturated rings. The Hall–Kier alpha value is -2.20. The quantitative estimate of drug-likeness (QED) is 0.847. The maximum Gasteiger partial charge on any atom is 0.307 e. The van der Waals surface area contributed by atoms with E-state index in [0.29, 0.717) is 13.1 Å². The normalized spacial score (nSPS) is 12.1. The van der Waals surface area contributed by atoms with Gasteiger partial charge in [0, 0.05) is 25.5 Å². The maximum absolute atomic E-state index is 10.7. The van der Waals surface area contributed by atoms with E-state index < -0.39 is 5.97 Å². The third-order valence-corrected chi connectivity index (χ3v) is 3.17. The van der Waals surface area contributed by atoms with E-state index in [0.717, 1.165) is 16.7 Å². The van der Waals surface area contributed by atoms with Crippen molar-refractivity contribution < 1.29 is 9.90 Å². The van der Waals surface area contributed by atoms with Crippen molar-refractivity contribution >= 4 is 5.97 Å². The molecule has 2 rings (SSSR count). The van der Waals surface area contributed by atoms with Crippen molar-refractivity contribution in [3.8, 4) is 11.1 Å². The zero-order chi connectivity index (χ0) is 14.4. The highest BCUT2D eigenvalue weighted by molar-refractivity contribution is 5.69. The van der Waals surface area contributed by atoms with Gasteiger partial charge in [-0.2, -0.15) is 0 Å². The second kappa shape index (κ2) is 6.82. The highest BCUT2D eigenvalue weighted by atomic mass is 16.4. The molecule has 0 saturated heterocycles. The van der Waals surface area contributed by atoms with Crippen LogP contribution in [0.15, 0.2) is 48.8 Å². The Labute approximate surface area is 118 Å². The smallest absolute Gasteiger partial charge is 0.307 e. The number of hydrogen-bond donors (Lipinski definition) is 2. The number of aliphatic carboxylic acids is 1. The molecule has 0 spiro atoms. The molecular formula is C16H18N2O2. The molecule has 0 amide bonds. The van der Waals surface area contributed by atoms with Crippen LogP contribution in [0.25, 0.3) is 11.1 Å². The molecule has 0 aliphatic heterocycles. The van der Waals surface area contributed by atoms with Crippen LogP contribution in [0.2, 0.25) is 0 Å². The van der Waals surface area contributed by atoms with Crippen molar-refractivity contribution in [3.63, 3.8) is 0 Å². The summed E-state index contributed by atoms with van der Waals surface area (Å²) in [6, 6.07) is 12.2. The first-order valence-electron chi connectivity index (χ1n) is 6.59. The molecule has 2 N–H and O–H groups in total. The summed E-state index contributed by atoms with van der Waals surface area (Å²) >= 11 is 0. The van der Waals surface area contributed by atoms with Crippen LogP contribution < -0.4 is 5.32 Å². The van der Waals surface area contributed by atoms with Gasteiger partial charge in [0.15, 0.2) is 0 Å². The molecule has 4 heteroatoms. The van der Waals surface area contributed by atoms with Crippen LogP contribution in [-0.2, 0) is 11.3 Å². The van der Waals surface area contributed by atoms with Gasteiger partial charge in [-0.1, -0.05) is 31.2 Å². The van der Waals surface area contributed by atoms with Gasteiger partial charge < -0.3 is 10.4 Å². The third-order valence-electron chi connectivity index (χ3n) is 3.17. The van der Waals surface area contributed by atoms with Gasteiger partial charge in [-0.25, -0.2) is 0 Å². The monoisotopic (exact) mass is 270 g/mol. The topological polar surface area (TPSA) is 62.2 Å². The highest BCUT2D eigenvalue weighted by Crippen LogP contribution is 2.18. The number of aromatic nitrogens is 1. The van der Waals surface area contributed by atoms with Crippen LogP contribution in [-0.4, -0.2) is 22.6 Å². The van der Waals surface area contributed by atoms with E-state index in [1.807, 2.05) is 24.3 Å². The number of benzene rings is 1. The number of hydrogen-bond acceptors (Lipinski definition) is 3. The first-order chi connectivity index (χ1) is 9.66. The van der Waals surface area contributed by atoms with Gasteiger partial charge in [-0.05, 0) is 28.8 Å². The number of carboxylic acid groups (broad SMARTS) is 1. The summed E-state index contributed by atoms with van der Waals surface area (Å²) in [7, 11) is 0. The summed E-state index contributed by atoms with van der Waals surface area (Å²) in [6.07, 6.45) is 3.55. The van der Waals surface area contributed by atoms with Gasteiger partial charge in [0.1, 0.15) is 0 Å². The largest absolute Gasteiger partial charge is 0.481 e. The van der Waals surface area contributed by atoms with E-state index in [1.54, 1.807) is 19.3 Å². The van der Waals surface area contributed by atoms with Gasteiger partial charge in [-0.3, -0.25) is 9.78 Å². The Balaban J connectivity index is 1.91. The minimum atomic E-state index is -0.773. The maximum atomic E-state index is 10.7. The Morgan fingerprint density at radius 1 is 1.15 bits per heavy atom. The molecular weight excluding hydrogens is 252 g/mol. The third kappa shape index (κ3) is 3.90. The number of rotatable bonds is 6. The number of nitrogens with zero attached hydrogens (tertiary/aromatic N) is 1. The van der Waals surface area contributed by atoms with Crippen LogP contribution in [0.1, 0.15) is 12.5 Å². The van der Waals surface area contributed by atoms with Crippen LogP contribution in [0.3, 0.4) is 0 Å². The van der Waals surface area contributed by atoms with Crippen molar-refractivity contribution in [2.24, 2.45) is 5.92 Å². The van der Waals surface area contributed by atoms with Gasteiger partial charge in [0.25, 0.3) is 0 Å². The first kappa shape index (κ1) is 14.2. The van der Waals surface area contributed by atoms with E-state index in [1.165, 1.54) is 0 Å². The minimum absolute atomic E-state index is 0.369. The number of carboxylic acids is 1. The average Bonchev–Trinajstić information content (AvgIpc) is 2.48. The molecule has 1 aromatic heterocycles. The van der Waals surface area contributed by atoms with Crippen molar-refractivity contribution in [2.75, 3.05) is 6.54 Å². The molecule has 0 aliphatic carbocycles. The lowest BCUT2D eigenvalue weighted by molar-refractivity contribution is -0.140. The zero-order valence-corrected chi connectivity index (χ0v) is 11.4. The Morgan fingerprint density at radius 2 is 1.75 bits per heavy atom. The summed E-state index contributed by atoms with van der Waals surface area (Å²) < 4.78 is 0. The van der Waals surface area contributed by atoms with Crippen LogP contribution in [0, 0.1) is 5.92 Å². The zero-order valence-electron chi connectivity index (χ0n) is 11.4. The predicted molar refractivity (Wildman–Crippen MR) is 78.2 cm³/mol. The predicted octanol–water partition coefficient (Wildman–Crippen LogP) is 2.56. The molecule has 1 atom stereocenters. The molecule has 0 radical (unpaired) electrons. The second-order valence-corrected chi connectivity index (χ2v) is 4.80. The van der Waals surface area contributed by atoms with E-state index in [2.05, 4.69) is 22.4 Å². The summed E-state index contributed by atoms with van der Waals surface area (Å²) in [5, 5.41) is 11.9. The Kier molecular flexibility index (Phi) is 4.85. The van der Waals surface area contributed by atoms with Crippen LogP contribution in [0.4, 0.5) is 0 Å². The van der Waals surface area contributed by atoms with Crippen molar-refractivity contribution in [3.05, 3.63) is 54.4 Å². The van der Waals surface area contributed by atoms with Crippen LogP contribution >= 0.6 is 0 Å². The molecule has 1 heterocycles. The highest BCUT2D eigenvalue weighted by Gasteiger charge is 2.09. The molecule has 1 unspecified atom stereocenters. The number of carbonyl (C=O) groups is 1. The molecule has 104 valence electrons. The molecule has 0 saturated carbocycles. The number of pyridine rings is 1. The average molecular weight is 270 g/mol. The van der Waals surface area contributed by atoms with Gasteiger partial charge in [0.05, 0.1) is 5.92 Å². The second-order valence-electron chi connectivity index (χ2n) is 4.80. The van der Waals surface area contributed by atoms with Gasteiger partial charge in [-0.15, -0.1) is 0 Å². The van der Waals surface area contributed by atoms with Crippen LogP contribution in [0.5, 0.6) is 0 Å². The lowest BCUT2D eigenvalue weighted by Gasteiger charge is -2.09. The minimum Gasteiger partial charge on any atom is -0.481 e. The Morgan fingerprint density at radius 3 is 2.35 bits per heavy atom. The molecule has 4 nitrogen and oxygen atoms in total. The number of nitrogens with one attached hydrogen (secondary N) is 1. The fourth-order valence-electron chi connectivity index (χ4n) is 1.88. The lowest BCUT2D eigenvalue weighted by Crippen LogP contribution is -2.25. The van der Waals surface area contributed by atoms with E-state index in [-0.39, 0.29) is 5.92 Å². The molecule has 1 aromatic carbocycles. The SMILES string of the molecule is CC(CNCc1ccc(-c2ccncc2)cc1)C(=O)O. The molecule has 0 aliphatic rings. The van der Waals surface area contributed by atoms with Gasteiger partial charge >= 0.3 is 5.97 Å². The van der Waals surface area contributed by atoms with Gasteiger partial charge in [0.2, 0.25) is 0 Å². The van der Waals surface area contributed by atoms with E-state index in [4.69, 9.17) is 5.11 Å². The fraction of sp³-hybridized carbons (Fsp3) is 0.250. The lowest BCUT2D eigenvalue weighted by atomic mass is 10.1. The van der Waals surface area contributed by atoms with Crippen molar-refractivity contribution in [1.29, 1.82) is 0 Å². The Bertz CT molecular complexity index is 552. The van der Waals surface area contributed by atoms with Crippen molar-refractivity contribution in [1.82, 2.24) is 10.3 Å². The summed E-state index contributed by atoms with van der Waals surface area (Å²) in [5.74, 6) is -1.14. The molecule has 20 heavy (non-hydrogen) atoms. The summed E-state index contributed by atoms with van der Waals surface area (Å²) in [4.78, 5) is 14.7. The summed E-state index contributed by atoms with van der Waals surface area (Å²) in [6.45, 7) is 2.84. The van der Waals surface area contributed by atoms with E-state index >= 15 is 0 Å². The van der Waals surface area contributed by atoms with E-state index in [9.17, 15) is 4.79 Å². The molecule has 0 bridgehead atoms. The summed E-state index contributed by atoms with van der Waals surface area (Å²) in [5.41, 5.74) is 3.43.